The van der Waals surface area contributed by atoms with Crippen molar-refractivity contribution in [1.29, 1.82) is 0 Å². The van der Waals surface area contributed by atoms with Gasteiger partial charge in [0, 0.05) is 25.4 Å². The van der Waals surface area contributed by atoms with Crippen LogP contribution < -0.4 is 10.0 Å². The van der Waals surface area contributed by atoms with Crippen molar-refractivity contribution in [3.8, 4) is 0 Å². The molecule has 0 unspecified atom stereocenters. The first-order valence-corrected chi connectivity index (χ1v) is 9.81. The number of hydrogen-bond acceptors (Lipinski definition) is 5. The highest BCUT2D eigenvalue weighted by atomic mass is 32.2. The predicted octanol–water partition coefficient (Wildman–Crippen LogP) is 3.00. The van der Waals surface area contributed by atoms with Crippen LogP contribution in [0.3, 0.4) is 0 Å². The summed E-state index contributed by atoms with van der Waals surface area (Å²) < 4.78 is 27.2. The van der Waals surface area contributed by atoms with Gasteiger partial charge in [-0.1, -0.05) is 32.9 Å². The van der Waals surface area contributed by atoms with E-state index >= 15 is 0 Å². The summed E-state index contributed by atoms with van der Waals surface area (Å²) in [5, 5.41) is 5.73. The molecule has 0 aliphatic heterocycles. The molecule has 0 saturated heterocycles. The Morgan fingerprint density at radius 3 is 2.35 bits per heavy atom. The second kappa shape index (κ2) is 6.98. The molecule has 0 spiro atoms. The van der Waals surface area contributed by atoms with Crippen molar-refractivity contribution in [2.75, 3.05) is 18.9 Å². The van der Waals surface area contributed by atoms with E-state index in [0.717, 1.165) is 16.4 Å². The molecule has 2 rings (SSSR count). The highest BCUT2D eigenvalue weighted by Crippen LogP contribution is 2.23. The average Bonchev–Trinajstić information content (AvgIpc) is 2.94. The molecular formula is C16H23N3O2S2. The summed E-state index contributed by atoms with van der Waals surface area (Å²) in [5.74, 6) is 0. The highest BCUT2D eigenvalue weighted by Gasteiger charge is 2.17. The number of thiazole rings is 1. The van der Waals surface area contributed by atoms with Crippen molar-refractivity contribution in [2.45, 2.75) is 37.5 Å². The molecule has 0 fully saturated rings. The van der Waals surface area contributed by atoms with Crippen molar-refractivity contribution in [2.24, 2.45) is 0 Å². The van der Waals surface area contributed by atoms with E-state index in [2.05, 4.69) is 35.8 Å². The van der Waals surface area contributed by atoms with E-state index in [1.54, 1.807) is 12.1 Å². The lowest BCUT2D eigenvalue weighted by Crippen LogP contribution is -2.26. The van der Waals surface area contributed by atoms with Crippen LogP contribution in [0.5, 0.6) is 0 Å². The molecular weight excluding hydrogens is 330 g/mol. The van der Waals surface area contributed by atoms with Crippen LogP contribution >= 0.6 is 11.3 Å². The third-order valence-electron chi connectivity index (χ3n) is 3.47. The molecule has 0 amide bonds. The van der Waals surface area contributed by atoms with Crippen LogP contribution in [-0.4, -0.2) is 27.0 Å². The molecule has 1 aromatic carbocycles. The summed E-state index contributed by atoms with van der Waals surface area (Å²) in [4.78, 5) is 4.62. The summed E-state index contributed by atoms with van der Waals surface area (Å²) in [7, 11) is -1.67. The predicted molar refractivity (Wildman–Crippen MR) is 95.7 cm³/mol. The van der Waals surface area contributed by atoms with Crippen LogP contribution in [0.15, 0.2) is 34.5 Å². The van der Waals surface area contributed by atoms with Gasteiger partial charge in [-0.15, -0.1) is 11.3 Å². The van der Waals surface area contributed by atoms with Gasteiger partial charge in [0.1, 0.15) is 0 Å². The van der Waals surface area contributed by atoms with Gasteiger partial charge >= 0.3 is 0 Å². The van der Waals surface area contributed by atoms with Crippen molar-refractivity contribution in [3.63, 3.8) is 0 Å². The number of hydrogen-bond donors (Lipinski definition) is 2. The minimum Gasteiger partial charge on any atom is -0.365 e. The summed E-state index contributed by atoms with van der Waals surface area (Å²) in [6.07, 6.45) is 0.567. The van der Waals surface area contributed by atoms with Gasteiger partial charge in [0.2, 0.25) is 10.0 Å². The maximum Gasteiger partial charge on any atom is 0.240 e. The minimum absolute atomic E-state index is 0.00532. The van der Waals surface area contributed by atoms with E-state index < -0.39 is 10.0 Å². The second-order valence-electron chi connectivity index (χ2n) is 6.32. The van der Waals surface area contributed by atoms with Gasteiger partial charge in [0.05, 0.1) is 10.6 Å². The number of sulfonamides is 1. The third kappa shape index (κ3) is 4.76. The molecule has 0 aliphatic carbocycles. The Labute approximate surface area is 142 Å². The number of nitrogens with one attached hydrogen (secondary N) is 2. The summed E-state index contributed by atoms with van der Waals surface area (Å²) >= 11 is 1.51. The van der Waals surface area contributed by atoms with Gasteiger partial charge in [-0.05, 0) is 23.1 Å². The molecule has 0 atom stereocenters. The molecule has 0 saturated carbocycles. The average molecular weight is 354 g/mol. The Morgan fingerprint density at radius 2 is 1.83 bits per heavy atom. The van der Waals surface area contributed by atoms with Gasteiger partial charge in [0.15, 0.2) is 5.13 Å². The standard InChI is InChI=1S/C16H23N3O2S2/c1-16(2,3)12-5-7-14(8-6-12)23(20,21)18-10-9-13-11-22-15(17-4)19-13/h5-8,11,18H,9-10H2,1-4H3,(H,17,19). The summed E-state index contributed by atoms with van der Waals surface area (Å²) in [6.45, 7) is 6.63. The lowest BCUT2D eigenvalue weighted by atomic mass is 9.87. The number of rotatable bonds is 6. The van der Waals surface area contributed by atoms with Gasteiger partial charge in [-0.2, -0.15) is 0 Å². The fraction of sp³-hybridized carbons (Fsp3) is 0.438. The maximum atomic E-state index is 12.3. The van der Waals surface area contributed by atoms with Crippen LogP contribution in [0, 0.1) is 0 Å². The fourth-order valence-corrected chi connectivity index (χ4v) is 3.81. The quantitative estimate of drug-likeness (QED) is 0.837. The molecule has 0 aliphatic rings. The Kier molecular flexibility index (Phi) is 5.44. The van der Waals surface area contributed by atoms with E-state index in [0.29, 0.717) is 17.9 Å². The van der Waals surface area contributed by atoms with E-state index in [9.17, 15) is 8.42 Å². The molecule has 5 nitrogen and oxygen atoms in total. The van der Waals surface area contributed by atoms with Crippen LogP contribution in [0.25, 0.3) is 0 Å². The molecule has 0 radical (unpaired) electrons. The van der Waals surface area contributed by atoms with Crippen molar-refractivity contribution >= 4 is 26.5 Å². The zero-order valence-corrected chi connectivity index (χ0v) is 15.5. The SMILES string of the molecule is CNc1nc(CCNS(=O)(=O)c2ccc(C(C)(C)C)cc2)cs1. The monoisotopic (exact) mass is 353 g/mol. The molecule has 2 aromatic rings. The molecule has 2 N–H and O–H groups in total. The molecule has 126 valence electrons. The smallest absolute Gasteiger partial charge is 0.240 e. The van der Waals surface area contributed by atoms with Crippen LogP contribution in [0.4, 0.5) is 5.13 Å². The highest BCUT2D eigenvalue weighted by molar-refractivity contribution is 7.89. The second-order valence-corrected chi connectivity index (χ2v) is 8.94. The van der Waals surface area contributed by atoms with Crippen molar-refractivity contribution in [3.05, 3.63) is 40.9 Å². The molecule has 1 heterocycles. The van der Waals surface area contributed by atoms with Crippen LogP contribution in [0.2, 0.25) is 0 Å². The number of benzene rings is 1. The Bertz CT molecular complexity index is 744. The third-order valence-corrected chi connectivity index (χ3v) is 5.86. The van der Waals surface area contributed by atoms with Crippen molar-refractivity contribution < 1.29 is 8.42 Å². The molecule has 7 heteroatoms. The zero-order valence-electron chi connectivity index (χ0n) is 13.9. The molecule has 0 bridgehead atoms. The molecule has 23 heavy (non-hydrogen) atoms. The van der Waals surface area contributed by atoms with Gasteiger partial charge in [-0.3, -0.25) is 0 Å². The number of nitrogens with zero attached hydrogens (tertiary/aromatic N) is 1. The van der Waals surface area contributed by atoms with E-state index in [-0.39, 0.29) is 5.41 Å². The zero-order chi connectivity index (χ0) is 17.1. The van der Waals surface area contributed by atoms with Crippen LogP contribution in [0.1, 0.15) is 32.0 Å². The van der Waals surface area contributed by atoms with Gasteiger partial charge in [0.25, 0.3) is 0 Å². The van der Waals surface area contributed by atoms with Gasteiger partial charge < -0.3 is 5.32 Å². The van der Waals surface area contributed by atoms with Gasteiger partial charge in [-0.25, -0.2) is 18.1 Å². The normalized spacial score (nSPS) is 12.3. The lowest BCUT2D eigenvalue weighted by molar-refractivity contribution is 0.578. The lowest BCUT2D eigenvalue weighted by Gasteiger charge is -2.19. The first-order chi connectivity index (χ1) is 10.7. The number of aromatic nitrogens is 1. The largest absolute Gasteiger partial charge is 0.365 e. The van der Waals surface area contributed by atoms with E-state index in [1.165, 1.54) is 11.3 Å². The Hall–Kier alpha value is -1.44. The fourth-order valence-electron chi connectivity index (χ4n) is 2.07. The topological polar surface area (TPSA) is 71.1 Å². The first-order valence-electron chi connectivity index (χ1n) is 7.45. The van der Waals surface area contributed by atoms with Crippen LogP contribution in [-0.2, 0) is 21.9 Å². The summed E-state index contributed by atoms with van der Waals surface area (Å²) in [5.41, 5.74) is 1.99. The maximum absolute atomic E-state index is 12.3. The van der Waals surface area contributed by atoms with Crippen molar-refractivity contribution in [1.82, 2.24) is 9.71 Å². The summed E-state index contributed by atoms with van der Waals surface area (Å²) in [6, 6.07) is 7.05. The first kappa shape index (κ1) is 17.9. The minimum atomic E-state index is -3.48. The molecule has 1 aromatic heterocycles. The van der Waals surface area contributed by atoms with E-state index in [4.69, 9.17) is 0 Å². The Balaban J connectivity index is 1.98. The Morgan fingerprint density at radius 1 is 1.17 bits per heavy atom. The van der Waals surface area contributed by atoms with E-state index in [1.807, 2.05) is 24.6 Å². The number of anilines is 1.